The van der Waals surface area contributed by atoms with Gasteiger partial charge in [0.25, 0.3) is 0 Å². The molecule has 0 spiro atoms. The van der Waals surface area contributed by atoms with Crippen LogP contribution in [0.5, 0.6) is 0 Å². The molecule has 1 saturated carbocycles. The molecule has 7 nitrogen and oxygen atoms in total. The lowest BCUT2D eigenvalue weighted by atomic mass is 9.89. The number of hydrogen-bond donors (Lipinski definition) is 3. The van der Waals surface area contributed by atoms with Crippen molar-refractivity contribution in [3.05, 3.63) is 41.5 Å². The first-order valence-electron chi connectivity index (χ1n) is 10.5. The van der Waals surface area contributed by atoms with E-state index in [4.69, 9.17) is 5.11 Å². The van der Waals surface area contributed by atoms with Crippen LogP contribution < -0.4 is 15.5 Å². The summed E-state index contributed by atoms with van der Waals surface area (Å²) in [6, 6.07) is 13.0. The Bertz CT molecular complexity index is 854. The quantitative estimate of drug-likeness (QED) is 0.635. The van der Waals surface area contributed by atoms with Gasteiger partial charge in [0.15, 0.2) is 11.6 Å². The van der Waals surface area contributed by atoms with Gasteiger partial charge in [-0.2, -0.15) is 15.2 Å². The summed E-state index contributed by atoms with van der Waals surface area (Å²) in [5.41, 5.74) is 1.89. The summed E-state index contributed by atoms with van der Waals surface area (Å²) in [6.45, 7) is 2.93. The molecule has 2 fully saturated rings. The van der Waals surface area contributed by atoms with Gasteiger partial charge < -0.3 is 20.6 Å². The predicted octanol–water partition coefficient (Wildman–Crippen LogP) is 2.96. The van der Waals surface area contributed by atoms with Gasteiger partial charge in [-0.25, -0.2) is 0 Å². The summed E-state index contributed by atoms with van der Waals surface area (Å²) in [6.07, 6.45) is 4.52. The fourth-order valence-electron chi connectivity index (χ4n) is 3.87. The summed E-state index contributed by atoms with van der Waals surface area (Å²) in [4.78, 5) is 11.3. The fraction of sp³-hybridized carbons (Fsp3) is 0.500. The van der Waals surface area contributed by atoms with E-state index < -0.39 is 0 Å². The first kappa shape index (κ1) is 19.5. The van der Waals surface area contributed by atoms with Crippen LogP contribution in [0.3, 0.4) is 0 Å². The van der Waals surface area contributed by atoms with Crippen molar-refractivity contribution in [2.24, 2.45) is 5.92 Å². The Morgan fingerprint density at radius 3 is 2.48 bits per heavy atom. The Morgan fingerprint density at radius 1 is 1.07 bits per heavy atom. The molecule has 1 aromatic heterocycles. The Hall–Kier alpha value is -2.85. The van der Waals surface area contributed by atoms with E-state index in [2.05, 4.69) is 61.9 Å². The molecule has 2 heterocycles. The van der Waals surface area contributed by atoms with Crippen molar-refractivity contribution in [1.29, 1.82) is 5.26 Å². The lowest BCUT2D eigenvalue weighted by Gasteiger charge is -2.33. The van der Waals surface area contributed by atoms with Crippen LogP contribution >= 0.6 is 0 Å². The highest BCUT2D eigenvalue weighted by Gasteiger charge is 2.27. The van der Waals surface area contributed by atoms with E-state index in [9.17, 15) is 5.26 Å². The highest BCUT2D eigenvalue weighted by atomic mass is 16.3. The molecule has 1 saturated heterocycles. The van der Waals surface area contributed by atoms with Crippen LogP contribution in [0.25, 0.3) is 0 Å². The van der Waals surface area contributed by atoms with E-state index in [0.717, 1.165) is 32.5 Å². The maximum Gasteiger partial charge on any atom is 0.226 e. The molecular weight excluding hydrogens is 364 g/mol. The third kappa shape index (κ3) is 4.77. The number of nitrogens with zero attached hydrogens (tertiary/aromatic N) is 4. The number of aliphatic hydroxyl groups is 1. The molecule has 4 rings (SSSR count). The lowest BCUT2D eigenvalue weighted by molar-refractivity contribution is 0.311. The van der Waals surface area contributed by atoms with Gasteiger partial charge in [-0.3, -0.25) is 0 Å². The van der Waals surface area contributed by atoms with Crippen LogP contribution in [0.4, 0.5) is 17.6 Å². The Labute approximate surface area is 171 Å². The Balaban J connectivity index is 1.54. The van der Waals surface area contributed by atoms with E-state index in [1.54, 1.807) is 0 Å². The molecule has 3 N–H and O–H groups in total. The van der Waals surface area contributed by atoms with E-state index in [0.29, 0.717) is 41.5 Å². The number of nitrogens with one attached hydrogen (secondary N) is 2. The van der Waals surface area contributed by atoms with Crippen molar-refractivity contribution in [3.8, 4) is 6.07 Å². The maximum absolute atomic E-state index is 9.85. The number of aliphatic hydroxyl groups excluding tert-OH is 1. The molecule has 152 valence electrons. The molecule has 0 amide bonds. The van der Waals surface area contributed by atoms with Gasteiger partial charge in [0, 0.05) is 26.2 Å². The summed E-state index contributed by atoms with van der Waals surface area (Å²) < 4.78 is 0. The largest absolute Gasteiger partial charge is 0.395 e. The average Bonchev–Trinajstić information content (AvgIpc) is 3.61. The maximum atomic E-state index is 9.85. The normalized spacial score (nSPS) is 17.0. The second-order valence-electron chi connectivity index (χ2n) is 7.85. The van der Waals surface area contributed by atoms with Gasteiger partial charge in [-0.05, 0) is 43.1 Å². The van der Waals surface area contributed by atoms with Gasteiger partial charge in [0.05, 0.1) is 6.61 Å². The van der Waals surface area contributed by atoms with Gasteiger partial charge in [0.1, 0.15) is 11.6 Å². The fourth-order valence-corrected chi connectivity index (χ4v) is 3.87. The molecule has 1 aliphatic carbocycles. The summed E-state index contributed by atoms with van der Waals surface area (Å²) >= 11 is 0. The molecule has 1 aromatic carbocycles. The highest BCUT2D eigenvalue weighted by molar-refractivity contribution is 5.68. The zero-order chi connectivity index (χ0) is 20.1. The molecule has 0 bridgehead atoms. The topological polar surface area (TPSA) is 97.1 Å². The molecule has 1 aliphatic heterocycles. The van der Waals surface area contributed by atoms with Crippen molar-refractivity contribution < 1.29 is 5.11 Å². The number of aromatic nitrogens is 2. The third-order valence-electron chi connectivity index (χ3n) is 5.72. The van der Waals surface area contributed by atoms with Crippen molar-refractivity contribution in [2.45, 2.75) is 31.6 Å². The molecule has 0 unspecified atom stereocenters. The van der Waals surface area contributed by atoms with Crippen LogP contribution in [-0.4, -0.2) is 47.9 Å². The minimum Gasteiger partial charge on any atom is -0.395 e. The third-order valence-corrected chi connectivity index (χ3v) is 5.72. The minimum atomic E-state index is 0.00595. The monoisotopic (exact) mass is 392 g/mol. The van der Waals surface area contributed by atoms with Crippen LogP contribution in [-0.2, 0) is 0 Å². The number of anilines is 3. The van der Waals surface area contributed by atoms with Crippen molar-refractivity contribution >= 4 is 17.6 Å². The Kier molecular flexibility index (Phi) is 6.11. The number of hydrogen-bond acceptors (Lipinski definition) is 7. The van der Waals surface area contributed by atoms with Crippen LogP contribution in [0.1, 0.15) is 42.7 Å². The number of nitriles is 1. The molecule has 2 aliphatic rings. The standard InChI is InChI=1S/C22H28N6O/c23-14-19-20(25-15-16-6-7-16)26-22(24-10-13-29)27-21(19)28-11-8-18(9-12-28)17-4-2-1-3-5-17/h1-5,16,18,29H,6-13,15H2,(H2,24,25,26,27). The summed E-state index contributed by atoms with van der Waals surface area (Å²) in [5.74, 6) is 2.95. The van der Waals surface area contributed by atoms with E-state index in [1.807, 2.05) is 0 Å². The van der Waals surface area contributed by atoms with Gasteiger partial charge >= 0.3 is 0 Å². The zero-order valence-corrected chi connectivity index (χ0v) is 16.6. The van der Waals surface area contributed by atoms with Gasteiger partial charge in [0.2, 0.25) is 5.95 Å². The first-order chi connectivity index (χ1) is 14.3. The molecule has 0 radical (unpaired) electrons. The van der Waals surface area contributed by atoms with Crippen molar-refractivity contribution in [1.82, 2.24) is 9.97 Å². The predicted molar refractivity (Wildman–Crippen MR) is 114 cm³/mol. The second-order valence-corrected chi connectivity index (χ2v) is 7.85. The number of benzene rings is 1. The minimum absolute atomic E-state index is 0.00595. The Morgan fingerprint density at radius 2 is 1.83 bits per heavy atom. The first-order valence-corrected chi connectivity index (χ1v) is 10.5. The molecule has 0 atom stereocenters. The second kappa shape index (κ2) is 9.10. The lowest BCUT2D eigenvalue weighted by Crippen LogP contribution is -2.34. The van der Waals surface area contributed by atoms with Crippen molar-refractivity contribution in [2.75, 3.05) is 48.3 Å². The summed E-state index contributed by atoms with van der Waals surface area (Å²) in [7, 11) is 0. The summed E-state index contributed by atoms with van der Waals surface area (Å²) in [5, 5.41) is 25.4. The highest BCUT2D eigenvalue weighted by Crippen LogP contribution is 2.34. The van der Waals surface area contributed by atoms with Gasteiger partial charge in [-0.1, -0.05) is 30.3 Å². The molecular formula is C22H28N6O. The van der Waals surface area contributed by atoms with E-state index in [-0.39, 0.29) is 6.61 Å². The van der Waals surface area contributed by atoms with Gasteiger partial charge in [-0.15, -0.1) is 0 Å². The van der Waals surface area contributed by atoms with Crippen molar-refractivity contribution in [3.63, 3.8) is 0 Å². The molecule has 2 aromatic rings. The van der Waals surface area contributed by atoms with Crippen LogP contribution in [0.2, 0.25) is 0 Å². The van der Waals surface area contributed by atoms with Crippen LogP contribution in [0.15, 0.2) is 30.3 Å². The number of piperidine rings is 1. The molecule has 7 heteroatoms. The average molecular weight is 393 g/mol. The SMILES string of the molecule is N#Cc1c(NCC2CC2)nc(NCCO)nc1N1CCC(c2ccccc2)CC1. The van der Waals surface area contributed by atoms with E-state index >= 15 is 0 Å². The van der Waals surface area contributed by atoms with Crippen LogP contribution in [0, 0.1) is 17.2 Å². The smallest absolute Gasteiger partial charge is 0.226 e. The number of rotatable bonds is 8. The van der Waals surface area contributed by atoms with E-state index in [1.165, 1.54) is 18.4 Å². The zero-order valence-electron chi connectivity index (χ0n) is 16.6. The molecule has 29 heavy (non-hydrogen) atoms.